The first-order valence-corrected chi connectivity index (χ1v) is 10.5. The molecular weight excluding hydrogens is 364 g/mol. The first-order valence-electron chi connectivity index (χ1n) is 9.68. The highest BCUT2D eigenvalue weighted by molar-refractivity contribution is 7.20. The predicted molar refractivity (Wildman–Crippen MR) is 108 cm³/mol. The molecule has 1 saturated heterocycles. The van der Waals surface area contributed by atoms with Gasteiger partial charge in [-0.25, -0.2) is 4.98 Å². The molecule has 27 heavy (non-hydrogen) atoms. The van der Waals surface area contributed by atoms with Gasteiger partial charge in [-0.15, -0.1) is 11.3 Å². The third kappa shape index (κ3) is 4.75. The van der Waals surface area contributed by atoms with Crippen LogP contribution >= 0.6 is 11.3 Å². The van der Waals surface area contributed by atoms with Crippen molar-refractivity contribution in [3.63, 3.8) is 0 Å². The third-order valence-corrected chi connectivity index (χ3v) is 6.14. The molecule has 1 aliphatic heterocycles. The quantitative estimate of drug-likeness (QED) is 0.696. The molecule has 2 aromatic rings. The number of morpholine rings is 1. The van der Waals surface area contributed by atoms with Crippen LogP contribution in [0.1, 0.15) is 41.4 Å². The zero-order chi connectivity index (χ0) is 19.2. The smallest absolute Gasteiger partial charge is 0.262 e. The van der Waals surface area contributed by atoms with Crippen LogP contribution in [0.15, 0.2) is 11.1 Å². The summed E-state index contributed by atoms with van der Waals surface area (Å²) >= 11 is 1.30. The van der Waals surface area contributed by atoms with Gasteiger partial charge in [0.15, 0.2) is 0 Å². The normalized spacial score (nSPS) is 15.3. The van der Waals surface area contributed by atoms with E-state index in [1.807, 2.05) is 6.92 Å². The van der Waals surface area contributed by atoms with E-state index in [1.165, 1.54) is 11.3 Å². The molecule has 0 atom stereocenters. The van der Waals surface area contributed by atoms with Gasteiger partial charge in [-0.1, -0.05) is 19.8 Å². The van der Waals surface area contributed by atoms with Crippen LogP contribution < -0.4 is 10.9 Å². The number of nitrogens with one attached hydrogen (secondary N) is 1. The maximum Gasteiger partial charge on any atom is 0.262 e. The van der Waals surface area contributed by atoms with Gasteiger partial charge < -0.3 is 10.1 Å². The first-order chi connectivity index (χ1) is 13.1. The first kappa shape index (κ1) is 20.0. The lowest BCUT2D eigenvalue weighted by Gasteiger charge is -2.26. The lowest BCUT2D eigenvalue weighted by molar-refractivity contribution is 0.0383. The summed E-state index contributed by atoms with van der Waals surface area (Å²) in [7, 11) is 0. The van der Waals surface area contributed by atoms with Gasteiger partial charge in [0.2, 0.25) is 0 Å². The van der Waals surface area contributed by atoms with Crippen molar-refractivity contribution in [1.29, 1.82) is 0 Å². The second kappa shape index (κ2) is 9.43. The molecule has 148 valence electrons. The lowest BCUT2D eigenvalue weighted by atomic mass is 10.2. The Labute approximate surface area is 163 Å². The average Bonchev–Trinajstić information content (AvgIpc) is 3.02. The van der Waals surface area contributed by atoms with Crippen molar-refractivity contribution in [3.8, 4) is 0 Å². The molecule has 3 rings (SSSR count). The van der Waals surface area contributed by atoms with E-state index < -0.39 is 0 Å². The molecular formula is C19H28N4O3S. The Morgan fingerprint density at radius 1 is 1.30 bits per heavy atom. The number of aromatic nitrogens is 2. The number of nitrogens with zero attached hydrogens (tertiary/aromatic N) is 3. The number of carbonyl (C=O) groups is 1. The number of hydrogen-bond acceptors (Lipinski definition) is 6. The van der Waals surface area contributed by atoms with Gasteiger partial charge in [0.1, 0.15) is 4.83 Å². The molecule has 1 amide bonds. The predicted octanol–water partition coefficient (Wildman–Crippen LogP) is 2.02. The molecule has 0 spiro atoms. The molecule has 2 aromatic heterocycles. The van der Waals surface area contributed by atoms with E-state index in [0.29, 0.717) is 28.2 Å². The van der Waals surface area contributed by atoms with Crippen LogP contribution in [0.4, 0.5) is 0 Å². The van der Waals surface area contributed by atoms with Gasteiger partial charge in [0.05, 0.1) is 29.8 Å². The maximum atomic E-state index is 12.8. The summed E-state index contributed by atoms with van der Waals surface area (Å²) in [6.45, 7) is 9.35. The van der Waals surface area contributed by atoms with Crippen LogP contribution in [0.25, 0.3) is 10.2 Å². The van der Waals surface area contributed by atoms with Gasteiger partial charge in [0.25, 0.3) is 11.5 Å². The molecule has 1 N–H and O–H groups in total. The largest absolute Gasteiger partial charge is 0.379 e. The number of ether oxygens (including phenoxy) is 1. The Hall–Kier alpha value is -1.77. The minimum atomic E-state index is -0.124. The summed E-state index contributed by atoms with van der Waals surface area (Å²) in [5, 5.41) is 3.56. The minimum absolute atomic E-state index is 0.0442. The second-order valence-corrected chi connectivity index (χ2v) is 7.90. The van der Waals surface area contributed by atoms with E-state index in [1.54, 1.807) is 10.9 Å². The van der Waals surface area contributed by atoms with E-state index in [-0.39, 0.29) is 11.5 Å². The zero-order valence-electron chi connectivity index (χ0n) is 16.1. The van der Waals surface area contributed by atoms with Crippen molar-refractivity contribution in [2.75, 3.05) is 39.4 Å². The van der Waals surface area contributed by atoms with E-state index in [9.17, 15) is 9.59 Å². The molecule has 3 heterocycles. The number of carbonyl (C=O) groups excluding carboxylic acids is 1. The van der Waals surface area contributed by atoms with E-state index in [0.717, 1.165) is 57.7 Å². The highest BCUT2D eigenvalue weighted by Gasteiger charge is 2.19. The van der Waals surface area contributed by atoms with Gasteiger partial charge in [-0.05, 0) is 18.9 Å². The van der Waals surface area contributed by atoms with Gasteiger partial charge >= 0.3 is 0 Å². The van der Waals surface area contributed by atoms with Crippen molar-refractivity contribution >= 4 is 27.5 Å². The highest BCUT2D eigenvalue weighted by atomic mass is 32.1. The van der Waals surface area contributed by atoms with Crippen molar-refractivity contribution in [2.45, 2.75) is 39.7 Å². The Kier molecular flexibility index (Phi) is 6.98. The second-order valence-electron chi connectivity index (χ2n) is 6.90. The standard InChI is InChI=1S/C19H28N4O3S/c1-3-4-5-7-23-13-21-18-15(19(23)25)14(2)16(27-18)17(24)20-6-8-22-9-11-26-12-10-22/h13H,3-12H2,1-2H3,(H,20,24). The van der Waals surface area contributed by atoms with E-state index in [4.69, 9.17) is 4.74 Å². The molecule has 1 aliphatic rings. The van der Waals surface area contributed by atoms with Crippen LogP contribution in [-0.2, 0) is 11.3 Å². The summed E-state index contributed by atoms with van der Waals surface area (Å²) < 4.78 is 7.00. The Morgan fingerprint density at radius 3 is 2.81 bits per heavy atom. The minimum Gasteiger partial charge on any atom is -0.379 e. The Morgan fingerprint density at radius 2 is 2.07 bits per heavy atom. The molecule has 0 unspecified atom stereocenters. The third-order valence-electron chi connectivity index (χ3n) is 4.94. The molecule has 0 saturated carbocycles. The molecule has 7 nitrogen and oxygen atoms in total. The number of hydrogen-bond donors (Lipinski definition) is 1. The molecule has 8 heteroatoms. The van der Waals surface area contributed by atoms with E-state index >= 15 is 0 Å². The van der Waals surface area contributed by atoms with Crippen LogP contribution in [0.3, 0.4) is 0 Å². The number of rotatable bonds is 8. The maximum absolute atomic E-state index is 12.8. The van der Waals surface area contributed by atoms with Crippen molar-refractivity contribution in [2.24, 2.45) is 0 Å². The summed E-state index contributed by atoms with van der Waals surface area (Å²) in [4.78, 5) is 33.3. The van der Waals surface area contributed by atoms with Gasteiger partial charge in [0, 0.05) is 32.7 Å². The summed E-state index contributed by atoms with van der Waals surface area (Å²) in [5.74, 6) is -0.124. The van der Waals surface area contributed by atoms with Crippen LogP contribution in [0.5, 0.6) is 0 Å². The average molecular weight is 393 g/mol. The number of aryl methyl sites for hydroxylation is 2. The number of amides is 1. The Bertz CT molecular complexity index is 839. The van der Waals surface area contributed by atoms with E-state index in [2.05, 4.69) is 22.1 Å². The van der Waals surface area contributed by atoms with Crippen LogP contribution in [0, 0.1) is 6.92 Å². The number of fused-ring (bicyclic) bond motifs is 1. The number of thiophene rings is 1. The monoisotopic (exact) mass is 392 g/mol. The summed E-state index contributed by atoms with van der Waals surface area (Å²) in [6.07, 6.45) is 4.76. The number of unbranched alkanes of at least 4 members (excludes halogenated alkanes) is 2. The van der Waals surface area contributed by atoms with Crippen molar-refractivity contribution in [3.05, 3.63) is 27.1 Å². The Balaban J connectivity index is 1.68. The van der Waals surface area contributed by atoms with Crippen molar-refractivity contribution in [1.82, 2.24) is 19.8 Å². The molecule has 0 aromatic carbocycles. The van der Waals surface area contributed by atoms with Crippen LogP contribution in [-0.4, -0.2) is 59.8 Å². The topological polar surface area (TPSA) is 76.5 Å². The SMILES string of the molecule is CCCCCn1cnc2sc(C(=O)NCCN3CCOCC3)c(C)c2c1=O. The van der Waals surface area contributed by atoms with Crippen LogP contribution in [0.2, 0.25) is 0 Å². The lowest BCUT2D eigenvalue weighted by Crippen LogP contribution is -2.41. The fourth-order valence-electron chi connectivity index (χ4n) is 3.30. The molecule has 0 bridgehead atoms. The fourth-order valence-corrected chi connectivity index (χ4v) is 4.36. The molecule has 0 radical (unpaired) electrons. The molecule has 1 fully saturated rings. The summed E-state index contributed by atoms with van der Waals surface area (Å²) in [5.41, 5.74) is 0.693. The van der Waals surface area contributed by atoms with Gasteiger partial charge in [-0.2, -0.15) is 0 Å². The highest BCUT2D eigenvalue weighted by Crippen LogP contribution is 2.26. The van der Waals surface area contributed by atoms with Crippen molar-refractivity contribution < 1.29 is 9.53 Å². The van der Waals surface area contributed by atoms with Gasteiger partial charge in [-0.3, -0.25) is 19.1 Å². The summed E-state index contributed by atoms with van der Waals surface area (Å²) in [6, 6.07) is 0. The zero-order valence-corrected chi connectivity index (χ0v) is 16.9. The fraction of sp³-hybridized carbons (Fsp3) is 0.632. The molecule has 0 aliphatic carbocycles.